The predicted octanol–water partition coefficient (Wildman–Crippen LogP) is 2.45. The zero-order valence-corrected chi connectivity index (χ0v) is 11.2. The highest BCUT2D eigenvalue weighted by molar-refractivity contribution is 6.30. The molecule has 18 heavy (non-hydrogen) atoms. The Hall–Kier alpha value is -1.68. The van der Waals surface area contributed by atoms with Crippen molar-refractivity contribution in [1.82, 2.24) is 9.55 Å². The number of anilines is 1. The van der Waals surface area contributed by atoms with Gasteiger partial charge in [0.05, 0.1) is 12.8 Å². The predicted molar refractivity (Wildman–Crippen MR) is 73.0 cm³/mol. The van der Waals surface area contributed by atoms with Gasteiger partial charge in [-0.3, -0.25) is 0 Å². The largest absolute Gasteiger partial charge is 0.496 e. The summed E-state index contributed by atoms with van der Waals surface area (Å²) >= 11 is 6.05. The maximum atomic E-state index is 6.05. The van der Waals surface area contributed by atoms with Gasteiger partial charge in [-0.15, -0.1) is 0 Å². The molecule has 0 aliphatic rings. The third kappa shape index (κ3) is 2.43. The molecule has 96 valence electrons. The fourth-order valence-electron chi connectivity index (χ4n) is 1.95. The van der Waals surface area contributed by atoms with Crippen LogP contribution >= 0.6 is 11.6 Å². The van der Waals surface area contributed by atoms with E-state index in [2.05, 4.69) is 4.98 Å². The monoisotopic (exact) mass is 265 g/mol. The molecule has 2 rings (SSSR count). The van der Waals surface area contributed by atoms with Crippen LogP contribution in [0.15, 0.2) is 24.3 Å². The fourth-order valence-corrected chi connectivity index (χ4v) is 2.26. The zero-order chi connectivity index (χ0) is 13.1. The molecule has 4 nitrogen and oxygen atoms in total. The van der Waals surface area contributed by atoms with Crippen molar-refractivity contribution in [2.45, 2.75) is 12.8 Å². The molecule has 1 aromatic heterocycles. The molecule has 0 bridgehead atoms. The van der Waals surface area contributed by atoms with Gasteiger partial charge in [0.1, 0.15) is 5.75 Å². The van der Waals surface area contributed by atoms with Crippen LogP contribution in [0.3, 0.4) is 0 Å². The Balaban J connectivity index is 2.16. The number of aryl methyl sites for hydroxylation is 1. The molecule has 5 heteroatoms. The number of hydrogen-bond acceptors (Lipinski definition) is 3. The van der Waals surface area contributed by atoms with Crippen LogP contribution < -0.4 is 10.5 Å². The van der Waals surface area contributed by atoms with Gasteiger partial charge in [0.15, 0.2) is 5.15 Å². The lowest BCUT2D eigenvalue weighted by molar-refractivity contribution is 0.409. The second-order valence-corrected chi connectivity index (χ2v) is 4.44. The maximum absolute atomic E-state index is 6.05. The Morgan fingerprint density at radius 1 is 1.33 bits per heavy atom. The van der Waals surface area contributed by atoms with Crippen LogP contribution in [0.4, 0.5) is 5.95 Å². The van der Waals surface area contributed by atoms with E-state index in [4.69, 9.17) is 22.1 Å². The number of benzene rings is 1. The number of rotatable bonds is 4. The number of imidazole rings is 1. The summed E-state index contributed by atoms with van der Waals surface area (Å²) < 4.78 is 7.14. The van der Waals surface area contributed by atoms with Gasteiger partial charge in [-0.05, 0) is 24.5 Å². The van der Waals surface area contributed by atoms with E-state index in [0.29, 0.717) is 11.1 Å². The van der Waals surface area contributed by atoms with Crippen molar-refractivity contribution >= 4 is 17.5 Å². The molecule has 0 aliphatic carbocycles. The van der Waals surface area contributed by atoms with Gasteiger partial charge in [-0.2, -0.15) is 0 Å². The maximum Gasteiger partial charge on any atom is 0.201 e. The van der Waals surface area contributed by atoms with E-state index < -0.39 is 0 Å². The Kier molecular flexibility index (Phi) is 3.77. The van der Waals surface area contributed by atoms with E-state index in [-0.39, 0.29) is 0 Å². The molecule has 0 saturated carbocycles. The van der Waals surface area contributed by atoms with Gasteiger partial charge in [0, 0.05) is 7.05 Å². The first-order valence-electron chi connectivity index (χ1n) is 5.72. The van der Waals surface area contributed by atoms with E-state index >= 15 is 0 Å². The van der Waals surface area contributed by atoms with Crippen LogP contribution in [-0.4, -0.2) is 16.7 Å². The molecule has 0 aliphatic heterocycles. The minimum absolute atomic E-state index is 0.440. The number of ether oxygens (including phenoxy) is 1. The summed E-state index contributed by atoms with van der Waals surface area (Å²) in [7, 11) is 3.54. The Bertz CT molecular complexity index is 551. The Morgan fingerprint density at radius 2 is 2.06 bits per heavy atom. The molecule has 0 spiro atoms. The van der Waals surface area contributed by atoms with Crippen molar-refractivity contribution in [3.63, 3.8) is 0 Å². The summed E-state index contributed by atoms with van der Waals surface area (Å²) in [6, 6.07) is 7.95. The van der Waals surface area contributed by atoms with E-state index in [1.807, 2.05) is 35.9 Å². The molecular weight excluding hydrogens is 250 g/mol. The molecule has 0 fully saturated rings. The third-order valence-corrected chi connectivity index (χ3v) is 3.33. The van der Waals surface area contributed by atoms with E-state index in [0.717, 1.165) is 29.8 Å². The number of halogens is 1. The molecule has 1 heterocycles. The number of methoxy groups -OCH3 is 1. The van der Waals surface area contributed by atoms with Crippen LogP contribution in [0, 0.1) is 0 Å². The summed E-state index contributed by atoms with van der Waals surface area (Å²) in [4.78, 5) is 4.04. The molecule has 0 atom stereocenters. The molecule has 1 aromatic carbocycles. The third-order valence-electron chi connectivity index (χ3n) is 3.02. The number of para-hydroxylation sites is 1. The standard InChI is InChI=1S/C13H16ClN3O/c1-17-10(12(14)16-13(17)15)8-7-9-5-3-4-6-11(9)18-2/h3-6H,7-8H2,1-2H3,(H2,15,16). The quantitative estimate of drug-likeness (QED) is 0.924. The SMILES string of the molecule is COc1ccccc1CCc1c(Cl)nc(N)n1C. The molecule has 0 saturated heterocycles. The summed E-state index contributed by atoms with van der Waals surface area (Å²) in [5, 5.41) is 0.477. The molecule has 2 aromatic rings. The summed E-state index contributed by atoms with van der Waals surface area (Å²) in [5.41, 5.74) is 7.80. The first-order chi connectivity index (χ1) is 8.63. The van der Waals surface area contributed by atoms with Crippen LogP contribution in [0.5, 0.6) is 5.75 Å². The second kappa shape index (κ2) is 5.31. The lowest BCUT2D eigenvalue weighted by atomic mass is 10.1. The lowest BCUT2D eigenvalue weighted by Crippen LogP contribution is -2.03. The first-order valence-corrected chi connectivity index (χ1v) is 6.09. The number of aromatic nitrogens is 2. The zero-order valence-electron chi connectivity index (χ0n) is 10.5. The van der Waals surface area contributed by atoms with Crippen molar-refractivity contribution in [3.05, 3.63) is 40.7 Å². The lowest BCUT2D eigenvalue weighted by Gasteiger charge is -2.08. The Labute approximate surface area is 111 Å². The minimum Gasteiger partial charge on any atom is -0.496 e. The van der Waals surface area contributed by atoms with Gasteiger partial charge in [0.25, 0.3) is 0 Å². The van der Waals surface area contributed by atoms with Crippen molar-refractivity contribution in [2.75, 3.05) is 12.8 Å². The molecule has 0 unspecified atom stereocenters. The topological polar surface area (TPSA) is 53.1 Å². The highest BCUT2D eigenvalue weighted by atomic mass is 35.5. The van der Waals surface area contributed by atoms with Crippen LogP contribution in [-0.2, 0) is 19.9 Å². The summed E-state index contributed by atoms with van der Waals surface area (Å²) in [6.45, 7) is 0. The second-order valence-electron chi connectivity index (χ2n) is 4.08. The van der Waals surface area contributed by atoms with Crippen molar-refractivity contribution in [1.29, 1.82) is 0 Å². The Morgan fingerprint density at radius 3 is 2.67 bits per heavy atom. The van der Waals surface area contributed by atoms with Crippen LogP contribution in [0.1, 0.15) is 11.3 Å². The van der Waals surface area contributed by atoms with E-state index in [9.17, 15) is 0 Å². The average molecular weight is 266 g/mol. The van der Waals surface area contributed by atoms with Gasteiger partial charge in [-0.1, -0.05) is 29.8 Å². The molecular formula is C13H16ClN3O. The molecule has 0 amide bonds. The highest BCUT2D eigenvalue weighted by Gasteiger charge is 2.11. The first kappa shape index (κ1) is 12.8. The van der Waals surface area contributed by atoms with Crippen LogP contribution in [0.2, 0.25) is 5.15 Å². The van der Waals surface area contributed by atoms with Gasteiger partial charge in [0.2, 0.25) is 5.95 Å². The number of hydrogen-bond donors (Lipinski definition) is 1. The van der Waals surface area contributed by atoms with E-state index in [1.54, 1.807) is 7.11 Å². The number of nitrogen functional groups attached to an aromatic ring is 1. The average Bonchev–Trinajstić information content (AvgIpc) is 2.62. The van der Waals surface area contributed by atoms with E-state index in [1.165, 1.54) is 0 Å². The van der Waals surface area contributed by atoms with Gasteiger partial charge >= 0.3 is 0 Å². The fraction of sp³-hybridized carbons (Fsp3) is 0.308. The number of nitrogens with zero attached hydrogens (tertiary/aromatic N) is 2. The molecule has 0 radical (unpaired) electrons. The molecule has 2 N–H and O–H groups in total. The highest BCUT2D eigenvalue weighted by Crippen LogP contribution is 2.23. The summed E-state index contributed by atoms with van der Waals surface area (Å²) in [6.07, 6.45) is 1.61. The normalized spacial score (nSPS) is 10.6. The summed E-state index contributed by atoms with van der Waals surface area (Å²) in [5.74, 6) is 1.33. The minimum atomic E-state index is 0.440. The van der Waals surface area contributed by atoms with Crippen LogP contribution in [0.25, 0.3) is 0 Å². The number of nitrogens with two attached hydrogens (primary N) is 1. The smallest absolute Gasteiger partial charge is 0.201 e. The van der Waals surface area contributed by atoms with Crippen molar-refractivity contribution in [2.24, 2.45) is 7.05 Å². The van der Waals surface area contributed by atoms with Gasteiger partial charge < -0.3 is 15.0 Å². The van der Waals surface area contributed by atoms with Gasteiger partial charge in [-0.25, -0.2) is 4.98 Å². The van der Waals surface area contributed by atoms with Crippen molar-refractivity contribution < 1.29 is 4.74 Å². The van der Waals surface area contributed by atoms with Crippen molar-refractivity contribution in [3.8, 4) is 5.75 Å².